The van der Waals surface area contributed by atoms with Crippen molar-refractivity contribution >= 4 is 11.8 Å². The first-order chi connectivity index (χ1) is 11.0. The molecule has 0 radical (unpaired) electrons. The fourth-order valence-electron chi connectivity index (χ4n) is 2.57. The van der Waals surface area contributed by atoms with Crippen molar-refractivity contribution in [2.75, 3.05) is 23.8 Å². The van der Waals surface area contributed by atoms with Crippen molar-refractivity contribution in [1.29, 1.82) is 0 Å². The summed E-state index contributed by atoms with van der Waals surface area (Å²) in [4.78, 5) is 17.7. The van der Waals surface area contributed by atoms with E-state index >= 15 is 0 Å². The van der Waals surface area contributed by atoms with Crippen LogP contribution < -0.4 is 10.2 Å². The summed E-state index contributed by atoms with van der Waals surface area (Å²) >= 11 is 0. The fourth-order valence-corrected chi connectivity index (χ4v) is 2.57. The van der Waals surface area contributed by atoms with Gasteiger partial charge in [-0.3, -0.25) is 0 Å². The lowest BCUT2D eigenvalue weighted by Crippen LogP contribution is -2.42. The van der Waals surface area contributed by atoms with Gasteiger partial charge in [0.05, 0.1) is 5.56 Å². The molecule has 23 heavy (non-hydrogen) atoms. The maximum atomic E-state index is 13.0. The Morgan fingerprint density at radius 3 is 2.61 bits per heavy atom. The van der Waals surface area contributed by atoms with Crippen LogP contribution in [0.3, 0.4) is 0 Å². The van der Waals surface area contributed by atoms with Gasteiger partial charge in [0.15, 0.2) is 5.82 Å². The molecule has 0 aromatic carbocycles. The van der Waals surface area contributed by atoms with E-state index in [1.165, 1.54) is 17.3 Å². The maximum absolute atomic E-state index is 13.0. The van der Waals surface area contributed by atoms with Crippen LogP contribution >= 0.6 is 0 Å². The van der Waals surface area contributed by atoms with E-state index in [2.05, 4.69) is 25.3 Å². The highest BCUT2D eigenvalue weighted by Gasteiger charge is 2.46. The lowest BCUT2D eigenvalue weighted by molar-refractivity contribution is -0.146. The Morgan fingerprint density at radius 2 is 1.96 bits per heavy atom. The van der Waals surface area contributed by atoms with E-state index < -0.39 is 12.2 Å². The highest BCUT2D eigenvalue weighted by molar-refractivity contribution is 5.55. The van der Waals surface area contributed by atoms with E-state index in [0.717, 1.165) is 0 Å². The number of alkyl halides is 3. The predicted molar refractivity (Wildman–Crippen MR) is 79.0 cm³/mol. The van der Waals surface area contributed by atoms with Crippen LogP contribution in [0.15, 0.2) is 24.7 Å². The zero-order valence-corrected chi connectivity index (χ0v) is 12.4. The summed E-state index contributed by atoms with van der Waals surface area (Å²) in [5.41, 5.74) is 0.550. The number of rotatable bonds is 3. The Bertz CT molecular complexity index is 673. The second-order valence-corrected chi connectivity index (χ2v) is 5.18. The summed E-state index contributed by atoms with van der Waals surface area (Å²) in [7, 11) is 1.73. The first kappa shape index (κ1) is 15.4. The zero-order valence-electron chi connectivity index (χ0n) is 12.4. The molecule has 1 aliphatic rings. The molecule has 1 saturated heterocycles. The molecule has 6 nitrogen and oxygen atoms in total. The Morgan fingerprint density at radius 1 is 1.22 bits per heavy atom. The Kier molecular flexibility index (Phi) is 4.01. The van der Waals surface area contributed by atoms with E-state index in [0.29, 0.717) is 30.2 Å². The molecule has 0 aliphatic carbocycles. The lowest BCUT2D eigenvalue weighted by atomic mass is 10.2. The van der Waals surface area contributed by atoms with Crippen molar-refractivity contribution in [3.63, 3.8) is 0 Å². The van der Waals surface area contributed by atoms with Crippen molar-refractivity contribution in [2.24, 2.45) is 0 Å². The smallest absolute Gasteiger partial charge is 0.373 e. The number of anilines is 2. The third-order valence-electron chi connectivity index (χ3n) is 3.70. The van der Waals surface area contributed by atoms with Crippen molar-refractivity contribution in [3.8, 4) is 11.4 Å². The third-order valence-corrected chi connectivity index (χ3v) is 3.70. The molecular formula is C14H15F3N6. The second kappa shape index (κ2) is 5.98. The fraction of sp³-hybridized carbons (Fsp3) is 0.429. The van der Waals surface area contributed by atoms with Crippen LogP contribution in [0.5, 0.6) is 0 Å². The van der Waals surface area contributed by atoms with Crippen LogP contribution in [0.1, 0.15) is 12.8 Å². The average molecular weight is 324 g/mol. The molecule has 1 aliphatic heterocycles. The number of hydrogen-bond acceptors (Lipinski definition) is 6. The molecule has 3 rings (SSSR count). The first-order valence-corrected chi connectivity index (χ1v) is 7.15. The summed E-state index contributed by atoms with van der Waals surface area (Å²) in [6, 6.07) is 0.189. The van der Waals surface area contributed by atoms with Gasteiger partial charge in [0, 0.05) is 32.2 Å². The SMILES string of the molecule is CNc1ccnc(-c2cnc(N3CCC[C@H]3C(F)(F)F)nc2)n1. The van der Waals surface area contributed by atoms with E-state index in [1.807, 2.05) is 0 Å². The van der Waals surface area contributed by atoms with Crippen LogP contribution in [0.4, 0.5) is 24.9 Å². The van der Waals surface area contributed by atoms with Gasteiger partial charge in [-0.25, -0.2) is 19.9 Å². The Hall–Kier alpha value is -2.45. The molecule has 2 aromatic rings. The summed E-state index contributed by atoms with van der Waals surface area (Å²) in [6.07, 6.45) is 0.751. The van der Waals surface area contributed by atoms with E-state index in [1.54, 1.807) is 19.3 Å². The van der Waals surface area contributed by atoms with E-state index in [4.69, 9.17) is 0 Å². The summed E-state index contributed by atoms with van der Waals surface area (Å²) in [5.74, 6) is 1.13. The monoisotopic (exact) mass is 324 g/mol. The molecule has 0 bridgehead atoms. The summed E-state index contributed by atoms with van der Waals surface area (Å²) in [6.45, 7) is 0.301. The molecule has 1 fully saturated rings. The summed E-state index contributed by atoms with van der Waals surface area (Å²) in [5, 5.41) is 2.89. The normalized spacial score (nSPS) is 18.3. The van der Waals surface area contributed by atoms with Crippen molar-refractivity contribution in [2.45, 2.75) is 25.1 Å². The van der Waals surface area contributed by atoms with Crippen molar-refractivity contribution in [1.82, 2.24) is 19.9 Å². The molecule has 3 heterocycles. The minimum Gasteiger partial charge on any atom is -0.373 e. The molecule has 1 atom stereocenters. The zero-order chi connectivity index (χ0) is 16.4. The predicted octanol–water partition coefficient (Wildman–Crippen LogP) is 2.51. The van der Waals surface area contributed by atoms with Gasteiger partial charge in [-0.05, 0) is 18.9 Å². The highest BCUT2D eigenvalue weighted by Crippen LogP contribution is 2.34. The molecule has 1 N–H and O–H groups in total. The number of aromatic nitrogens is 4. The van der Waals surface area contributed by atoms with Gasteiger partial charge >= 0.3 is 6.18 Å². The van der Waals surface area contributed by atoms with Crippen molar-refractivity contribution < 1.29 is 13.2 Å². The van der Waals surface area contributed by atoms with Crippen LogP contribution in [0.25, 0.3) is 11.4 Å². The average Bonchev–Trinajstić information content (AvgIpc) is 3.05. The van der Waals surface area contributed by atoms with Gasteiger partial charge in [-0.1, -0.05) is 0 Å². The van der Waals surface area contributed by atoms with Crippen LogP contribution in [0.2, 0.25) is 0 Å². The van der Waals surface area contributed by atoms with Gasteiger partial charge in [0.25, 0.3) is 0 Å². The largest absolute Gasteiger partial charge is 0.408 e. The van der Waals surface area contributed by atoms with Crippen LogP contribution in [-0.2, 0) is 0 Å². The Balaban J connectivity index is 1.84. The van der Waals surface area contributed by atoms with Crippen molar-refractivity contribution in [3.05, 3.63) is 24.7 Å². The first-order valence-electron chi connectivity index (χ1n) is 7.15. The molecule has 9 heteroatoms. The van der Waals surface area contributed by atoms with Gasteiger partial charge < -0.3 is 10.2 Å². The third kappa shape index (κ3) is 3.17. The standard InChI is InChI=1S/C14H15F3N6/c1-18-11-4-5-19-12(22-11)9-7-20-13(21-8-9)23-6-2-3-10(23)14(15,16)17/h4-5,7-8,10H,2-3,6H2,1H3,(H,18,19,22)/t10-/m0/s1. The second-order valence-electron chi connectivity index (χ2n) is 5.18. The molecule has 2 aromatic heterocycles. The van der Waals surface area contributed by atoms with Gasteiger partial charge in [0.2, 0.25) is 5.95 Å². The van der Waals surface area contributed by atoms with Gasteiger partial charge in [-0.2, -0.15) is 13.2 Å². The minimum absolute atomic E-state index is 0.0714. The highest BCUT2D eigenvalue weighted by atomic mass is 19.4. The van der Waals surface area contributed by atoms with Crippen LogP contribution in [0, 0.1) is 0 Å². The van der Waals surface area contributed by atoms with E-state index in [-0.39, 0.29) is 12.4 Å². The van der Waals surface area contributed by atoms with E-state index in [9.17, 15) is 13.2 Å². The number of hydrogen-bond donors (Lipinski definition) is 1. The maximum Gasteiger partial charge on any atom is 0.408 e. The van der Waals surface area contributed by atoms with Gasteiger partial charge in [0.1, 0.15) is 11.9 Å². The quantitative estimate of drug-likeness (QED) is 0.936. The topological polar surface area (TPSA) is 66.8 Å². The minimum atomic E-state index is -4.28. The lowest BCUT2D eigenvalue weighted by Gasteiger charge is -2.26. The molecule has 0 spiro atoms. The van der Waals surface area contributed by atoms with Gasteiger partial charge in [-0.15, -0.1) is 0 Å². The van der Waals surface area contributed by atoms with Crippen LogP contribution in [-0.4, -0.2) is 45.7 Å². The molecule has 0 saturated carbocycles. The number of nitrogens with zero attached hydrogens (tertiary/aromatic N) is 5. The summed E-state index contributed by atoms with van der Waals surface area (Å²) < 4.78 is 39.0. The molecular weight excluding hydrogens is 309 g/mol. The molecule has 0 amide bonds. The number of nitrogens with one attached hydrogen (secondary N) is 1. The molecule has 122 valence electrons. The molecule has 0 unspecified atom stereocenters. The Labute approximate surface area is 130 Å². The number of halogens is 3.